The zero-order valence-electron chi connectivity index (χ0n) is 22.6. The molecular formula is C37H37N. The third-order valence-corrected chi connectivity index (χ3v) is 10.6. The summed E-state index contributed by atoms with van der Waals surface area (Å²) in [7, 11) is 0. The molecule has 0 amide bonds. The minimum atomic E-state index is 0.0425. The number of benzene rings is 4. The van der Waals surface area contributed by atoms with Crippen LogP contribution in [0, 0.1) is 17.8 Å². The molecule has 0 unspecified atom stereocenters. The Morgan fingerprint density at radius 3 is 1.92 bits per heavy atom. The first-order valence-corrected chi connectivity index (χ1v) is 14.7. The maximum absolute atomic E-state index is 3.78. The summed E-state index contributed by atoms with van der Waals surface area (Å²) in [5.41, 5.74) is 12.5. The number of para-hydroxylation sites is 1. The second-order valence-electron chi connectivity index (χ2n) is 13.4. The van der Waals surface area contributed by atoms with Crippen molar-refractivity contribution in [3.8, 4) is 22.3 Å². The van der Waals surface area contributed by atoms with Gasteiger partial charge in [0.2, 0.25) is 0 Å². The van der Waals surface area contributed by atoms with Crippen LogP contribution in [0.2, 0.25) is 0 Å². The van der Waals surface area contributed by atoms with Gasteiger partial charge in [0.1, 0.15) is 0 Å². The molecule has 0 atom stereocenters. The van der Waals surface area contributed by atoms with Crippen molar-refractivity contribution < 1.29 is 0 Å². The Balaban J connectivity index is 1.10. The van der Waals surface area contributed by atoms with Crippen LogP contribution in [0.3, 0.4) is 0 Å². The molecule has 0 radical (unpaired) electrons. The van der Waals surface area contributed by atoms with E-state index >= 15 is 0 Å². The molecule has 4 aromatic carbocycles. The van der Waals surface area contributed by atoms with E-state index in [9.17, 15) is 0 Å². The van der Waals surface area contributed by atoms with Crippen LogP contribution < -0.4 is 5.32 Å². The van der Waals surface area contributed by atoms with Gasteiger partial charge >= 0.3 is 0 Å². The lowest BCUT2D eigenvalue weighted by molar-refractivity contribution is -0.00518. The second-order valence-corrected chi connectivity index (χ2v) is 13.4. The smallest absolute Gasteiger partial charge is 0.0463 e. The molecule has 9 rings (SSSR count). The fourth-order valence-electron chi connectivity index (χ4n) is 9.26. The van der Waals surface area contributed by atoms with Gasteiger partial charge in [0.15, 0.2) is 0 Å². The van der Waals surface area contributed by atoms with Crippen molar-refractivity contribution in [3.05, 3.63) is 108 Å². The van der Waals surface area contributed by atoms with Crippen molar-refractivity contribution in [3.63, 3.8) is 0 Å². The molecule has 190 valence electrons. The molecule has 1 nitrogen and oxygen atoms in total. The molecule has 5 aliphatic rings. The lowest BCUT2D eigenvalue weighted by Crippen LogP contribution is -2.48. The summed E-state index contributed by atoms with van der Waals surface area (Å²) in [6.07, 6.45) is 8.78. The van der Waals surface area contributed by atoms with E-state index < -0.39 is 0 Å². The average molecular weight is 496 g/mol. The Bertz CT molecular complexity index is 1500. The highest BCUT2D eigenvalue weighted by atomic mass is 14.9. The molecule has 4 bridgehead atoms. The summed E-state index contributed by atoms with van der Waals surface area (Å²) in [6, 6.07) is 34.3. The van der Waals surface area contributed by atoms with Gasteiger partial charge in [0, 0.05) is 22.4 Å². The zero-order chi connectivity index (χ0) is 25.5. The van der Waals surface area contributed by atoms with E-state index in [0.29, 0.717) is 5.41 Å². The summed E-state index contributed by atoms with van der Waals surface area (Å²) in [6.45, 7) is 4.68. The highest BCUT2D eigenvalue weighted by Gasteiger charge is 2.51. The monoisotopic (exact) mass is 495 g/mol. The molecule has 4 aromatic rings. The van der Waals surface area contributed by atoms with Crippen LogP contribution in [-0.4, -0.2) is 0 Å². The van der Waals surface area contributed by atoms with E-state index in [1.165, 1.54) is 77.6 Å². The lowest BCUT2D eigenvalue weighted by atomic mass is 9.48. The van der Waals surface area contributed by atoms with E-state index in [-0.39, 0.29) is 5.41 Å². The van der Waals surface area contributed by atoms with E-state index in [1.54, 1.807) is 5.56 Å². The van der Waals surface area contributed by atoms with Gasteiger partial charge in [-0.05, 0) is 113 Å². The van der Waals surface area contributed by atoms with Gasteiger partial charge in [-0.3, -0.25) is 0 Å². The fourth-order valence-corrected chi connectivity index (χ4v) is 9.26. The predicted molar refractivity (Wildman–Crippen MR) is 159 cm³/mol. The Kier molecular flexibility index (Phi) is 4.82. The largest absolute Gasteiger partial charge is 0.355 e. The molecule has 0 heterocycles. The van der Waals surface area contributed by atoms with Crippen molar-refractivity contribution in [2.45, 2.75) is 63.2 Å². The number of hydrogen-bond acceptors (Lipinski definition) is 1. The van der Waals surface area contributed by atoms with Gasteiger partial charge in [-0.2, -0.15) is 0 Å². The van der Waals surface area contributed by atoms with Crippen molar-refractivity contribution in [1.82, 2.24) is 0 Å². The number of fused-ring (bicyclic) bond motifs is 3. The number of anilines is 2. The van der Waals surface area contributed by atoms with Crippen LogP contribution in [0.4, 0.5) is 11.4 Å². The first kappa shape index (κ1) is 22.6. The Morgan fingerprint density at radius 1 is 0.605 bits per heavy atom. The van der Waals surface area contributed by atoms with Crippen molar-refractivity contribution in [1.29, 1.82) is 0 Å². The van der Waals surface area contributed by atoms with Crippen LogP contribution in [0.25, 0.3) is 22.3 Å². The van der Waals surface area contributed by atoms with E-state index in [4.69, 9.17) is 0 Å². The summed E-state index contributed by atoms with van der Waals surface area (Å²) >= 11 is 0. The quantitative estimate of drug-likeness (QED) is 0.297. The Labute approximate surface area is 227 Å². The van der Waals surface area contributed by atoms with Gasteiger partial charge in [0.25, 0.3) is 0 Å². The molecular weight excluding hydrogens is 458 g/mol. The Morgan fingerprint density at radius 2 is 1.21 bits per heavy atom. The second kappa shape index (κ2) is 8.09. The van der Waals surface area contributed by atoms with Crippen LogP contribution in [0.15, 0.2) is 91.0 Å². The third-order valence-electron chi connectivity index (χ3n) is 10.6. The molecule has 5 aliphatic carbocycles. The van der Waals surface area contributed by atoms with E-state index in [0.717, 1.165) is 23.4 Å². The van der Waals surface area contributed by atoms with E-state index in [2.05, 4.69) is 110 Å². The van der Waals surface area contributed by atoms with Gasteiger partial charge in [-0.25, -0.2) is 0 Å². The maximum atomic E-state index is 3.78. The molecule has 4 fully saturated rings. The number of rotatable bonds is 4. The van der Waals surface area contributed by atoms with Gasteiger partial charge in [0.05, 0.1) is 0 Å². The molecule has 0 spiro atoms. The van der Waals surface area contributed by atoms with E-state index in [1.807, 2.05) is 0 Å². The fraction of sp³-hybridized carbons (Fsp3) is 0.351. The predicted octanol–water partition coefficient (Wildman–Crippen LogP) is 9.87. The lowest BCUT2D eigenvalue weighted by Gasteiger charge is -2.57. The molecule has 0 aliphatic heterocycles. The van der Waals surface area contributed by atoms with Gasteiger partial charge < -0.3 is 5.32 Å². The highest BCUT2D eigenvalue weighted by Crippen LogP contribution is 2.60. The van der Waals surface area contributed by atoms with Crippen LogP contribution in [0.1, 0.15) is 69.1 Å². The van der Waals surface area contributed by atoms with Crippen molar-refractivity contribution in [2.75, 3.05) is 5.32 Å². The van der Waals surface area contributed by atoms with Gasteiger partial charge in [-0.15, -0.1) is 0 Å². The molecule has 0 saturated heterocycles. The van der Waals surface area contributed by atoms with Gasteiger partial charge in [-0.1, -0.05) is 86.6 Å². The Hall–Kier alpha value is -3.32. The molecule has 0 aromatic heterocycles. The first-order chi connectivity index (χ1) is 18.5. The molecule has 1 N–H and O–H groups in total. The summed E-state index contributed by atoms with van der Waals surface area (Å²) < 4.78 is 0. The zero-order valence-corrected chi connectivity index (χ0v) is 22.6. The van der Waals surface area contributed by atoms with Crippen molar-refractivity contribution >= 4 is 11.4 Å². The van der Waals surface area contributed by atoms with Crippen LogP contribution in [-0.2, 0) is 10.8 Å². The third kappa shape index (κ3) is 3.37. The topological polar surface area (TPSA) is 12.0 Å². The summed E-state index contributed by atoms with van der Waals surface area (Å²) in [5, 5.41) is 3.78. The molecule has 1 heteroatoms. The highest BCUT2D eigenvalue weighted by molar-refractivity contribution is 5.86. The molecule has 38 heavy (non-hydrogen) atoms. The van der Waals surface area contributed by atoms with Crippen LogP contribution in [0.5, 0.6) is 0 Å². The first-order valence-electron chi connectivity index (χ1n) is 14.7. The van der Waals surface area contributed by atoms with Crippen molar-refractivity contribution in [2.24, 2.45) is 17.8 Å². The summed E-state index contributed by atoms with van der Waals surface area (Å²) in [4.78, 5) is 0. The average Bonchev–Trinajstić information content (AvgIpc) is 3.15. The molecule has 4 saturated carbocycles. The standard InChI is InChI=1S/C37H37N/c1-36(2)33-9-5-3-8-31(33)32-20-29(15-16-34(32)36)38-35-10-6-4-7-30(35)27-11-13-28(14-12-27)37-21-24-17-25(22-37)19-26(18-24)23-37/h3-16,20,24-26,38H,17-19,21-23H2,1-2H3. The maximum Gasteiger partial charge on any atom is 0.0463 e. The minimum absolute atomic E-state index is 0.0425. The van der Waals surface area contributed by atoms with Crippen LogP contribution >= 0.6 is 0 Å². The number of nitrogens with one attached hydrogen (secondary N) is 1. The summed E-state index contributed by atoms with van der Waals surface area (Å²) in [5.74, 6) is 2.95. The number of hydrogen-bond donors (Lipinski definition) is 1. The minimum Gasteiger partial charge on any atom is -0.355 e. The SMILES string of the molecule is CC1(C)c2ccccc2-c2cc(Nc3ccccc3-c3ccc(C45CC6CC(CC(C6)C4)C5)cc3)ccc21. The normalized spacial score (nSPS) is 27.7.